The highest BCUT2D eigenvalue weighted by atomic mass is 16.5. The second-order valence-electron chi connectivity index (χ2n) is 4.92. The van der Waals surface area contributed by atoms with Crippen molar-refractivity contribution in [2.45, 2.75) is 19.8 Å². The van der Waals surface area contributed by atoms with Gasteiger partial charge < -0.3 is 9.84 Å². The number of rotatable bonds is 2. The van der Waals surface area contributed by atoms with Crippen LogP contribution in [0.2, 0.25) is 0 Å². The third-order valence-corrected chi connectivity index (χ3v) is 3.42. The van der Waals surface area contributed by atoms with Crippen LogP contribution in [0.4, 0.5) is 0 Å². The van der Waals surface area contributed by atoms with Gasteiger partial charge in [-0.05, 0) is 37.1 Å². The maximum atomic E-state index is 5.37. The first-order valence-corrected chi connectivity index (χ1v) is 6.21. The molecule has 1 aliphatic heterocycles. The number of aryl methyl sites for hydroxylation is 1. The Labute approximate surface area is 106 Å². The molecule has 1 N–H and O–H groups in total. The minimum Gasteiger partial charge on any atom is -0.339 e. The Morgan fingerprint density at radius 3 is 3.00 bits per heavy atom. The lowest BCUT2D eigenvalue weighted by molar-refractivity contribution is 0.340. The summed E-state index contributed by atoms with van der Waals surface area (Å²) >= 11 is 0. The van der Waals surface area contributed by atoms with Crippen molar-refractivity contribution in [3.05, 3.63) is 29.8 Å². The zero-order valence-electron chi connectivity index (χ0n) is 10.6. The van der Waals surface area contributed by atoms with Crippen molar-refractivity contribution < 1.29 is 4.52 Å². The summed E-state index contributed by atoms with van der Waals surface area (Å²) in [5.74, 6) is 2.14. The van der Waals surface area contributed by atoms with Gasteiger partial charge >= 0.3 is 0 Å². The van der Waals surface area contributed by atoms with Crippen LogP contribution in [0, 0.1) is 12.8 Å². The molecule has 0 amide bonds. The van der Waals surface area contributed by atoms with Crippen LogP contribution in [0.3, 0.4) is 0 Å². The van der Waals surface area contributed by atoms with Gasteiger partial charge in [0.2, 0.25) is 11.7 Å². The molecule has 0 spiro atoms. The molecule has 2 aromatic heterocycles. The van der Waals surface area contributed by atoms with E-state index in [0.29, 0.717) is 23.6 Å². The molecule has 94 valence electrons. The molecule has 0 radical (unpaired) electrons. The molecule has 1 aliphatic rings. The fourth-order valence-electron chi connectivity index (χ4n) is 2.29. The van der Waals surface area contributed by atoms with E-state index in [4.69, 9.17) is 4.52 Å². The third kappa shape index (κ3) is 2.01. The summed E-state index contributed by atoms with van der Waals surface area (Å²) < 4.78 is 5.37. The summed E-state index contributed by atoms with van der Waals surface area (Å²) in [6, 6.07) is 3.92. The summed E-state index contributed by atoms with van der Waals surface area (Å²) in [5.41, 5.74) is 1.91. The molecule has 3 rings (SSSR count). The van der Waals surface area contributed by atoms with E-state index in [0.717, 1.165) is 24.3 Å². The van der Waals surface area contributed by atoms with Crippen molar-refractivity contribution in [1.82, 2.24) is 20.4 Å². The van der Waals surface area contributed by atoms with Crippen molar-refractivity contribution in [1.29, 1.82) is 0 Å². The predicted molar refractivity (Wildman–Crippen MR) is 67.0 cm³/mol. The average Bonchev–Trinajstić information content (AvgIpc) is 2.97. The van der Waals surface area contributed by atoms with Gasteiger partial charge in [0.25, 0.3) is 0 Å². The fraction of sp³-hybridized carbons (Fsp3) is 0.462. The van der Waals surface area contributed by atoms with Gasteiger partial charge in [0.05, 0.1) is 5.92 Å². The van der Waals surface area contributed by atoms with Crippen LogP contribution in [0.25, 0.3) is 11.5 Å². The van der Waals surface area contributed by atoms with Crippen LogP contribution < -0.4 is 5.32 Å². The van der Waals surface area contributed by atoms with Crippen LogP contribution in [0.15, 0.2) is 22.9 Å². The lowest BCUT2D eigenvalue weighted by Gasteiger charge is -2.07. The van der Waals surface area contributed by atoms with E-state index < -0.39 is 0 Å². The van der Waals surface area contributed by atoms with Crippen molar-refractivity contribution in [2.24, 2.45) is 5.92 Å². The highest BCUT2D eigenvalue weighted by Crippen LogP contribution is 2.27. The SMILES string of the molecule is Cc1ccnc(-c2noc([C@@H]3CNC[C@H]3C)n2)c1. The highest BCUT2D eigenvalue weighted by Gasteiger charge is 2.29. The summed E-state index contributed by atoms with van der Waals surface area (Å²) in [6.45, 7) is 6.13. The van der Waals surface area contributed by atoms with Crippen LogP contribution in [0.1, 0.15) is 24.3 Å². The van der Waals surface area contributed by atoms with Gasteiger partial charge in [-0.1, -0.05) is 12.1 Å². The van der Waals surface area contributed by atoms with E-state index in [1.807, 2.05) is 19.1 Å². The molecule has 0 bridgehead atoms. The Morgan fingerprint density at radius 2 is 2.28 bits per heavy atom. The van der Waals surface area contributed by atoms with Crippen LogP contribution in [-0.2, 0) is 0 Å². The molecule has 5 nitrogen and oxygen atoms in total. The molecular formula is C13H16N4O. The number of hydrogen-bond acceptors (Lipinski definition) is 5. The van der Waals surface area contributed by atoms with Crippen molar-refractivity contribution in [2.75, 3.05) is 13.1 Å². The molecule has 2 aromatic rings. The maximum absolute atomic E-state index is 5.37. The van der Waals surface area contributed by atoms with Crippen LogP contribution >= 0.6 is 0 Å². The third-order valence-electron chi connectivity index (χ3n) is 3.42. The molecular weight excluding hydrogens is 228 g/mol. The predicted octanol–water partition coefficient (Wildman–Crippen LogP) is 1.76. The topological polar surface area (TPSA) is 63.8 Å². The monoisotopic (exact) mass is 244 g/mol. The van der Waals surface area contributed by atoms with Gasteiger partial charge in [0, 0.05) is 12.7 Å². The zero-order chi connectivity index (χ0) is 12.5. The number of nitrogens with zero attached hydrogens (tertiary/aromatic N) is 3. The van der Waals surface area contributed by atoms with Gasteiger partial charge in [-0.15, -0.1) is 0 Å². The number of hydrogen-bond donors (Lipinski definition) is 1. The summed E-state index contributed by atoms with van der Waals surface area (Å²) in [4.78, 5) is 8.74. The molecule has 18 heavy (non-hydrogen) atoms. The second kappa shape index (κ2) is 4.49. The van der Waals surface area contributed by atoms with E-state index in [-0.39, 0.29) is 0 Å². The molecule has 3 heterocycles. The zero-order valence-corrected chi connectivity index (χ0v) is 10.6. The normalized spacial score (nSPS) is 23.4. The quantitative estimate of drug-likeness (QED) is 0.872. The van der Waals surface area contributed by atoms with Gasteiger partial charge in [-0.25, -0.2) is 0 Å². The summed E-state index contributed by atoms with van der Waals surface area (Å²) in [7, 11) is 0. The van der Waals surface area contributed by atoms with Gasteiger partial charge in [-0.2, -0.15) is 4.98 Å². The molecule has 5 heteroatoms. The first kappa shape index (κ1) is 11.3. The van der Waals surface area contributed by atoms with Crippen molar-refractivity contribution in [3.63, 3.8) is 0 Å². The Bertz CT molecular complexity index is 551. The molecule has 0 unspecified atom stereocenters. The second-order valence-corrected chi connectivity index (χ2v) is 4.92. The molecule has 1 fully saturated rings. The largest absolute Gasteiger partial charge is 0.339 e. The molecule has 0 saturated carbocycles. The molecule has 1 saturated heterocycles. The first-order valence-electron chi connectivity index (χ1n) is 6.21. The number of pyridine rings is 1. The minimum atomic E-state index is 0.316. The van der Waals surface area contributed by atoms with Crippen molar-refractivity contribution in [3.8, 4) is 11.5 Å². The highest BCUT2D eigenvalue weighted by molar-refractivity contribution is 5.49. The smallest absolute Gasteiger partial charge is 0.231 e. The summed E-state index contributed by atoms with van der Waals surface area (Å²) in [5, 5.41) is 7.37. The van der Waals surface area contributed by atoms with Crippen LogP contribution in [-0.4, -0.2) is 28.2 Å². The van der Waals surface area contributed by atoms with Gasteiger partial charge in [0.1, 0.15) is 5.69 Å². The molecule has 0 aliphatic carbocycles. The fourth-order valence-corrected chi connectivity index (χ4v) is 2.29. The molecule has 2 atom stereocenters. The maximum Gasteiger partial charge on any atom is 0.231 e. The lowest BCUT2D eigenvalue weighted by atomic mass is 9.98. The Hall–Kier alpha value is -1.75. The standard InChI is InChI=1S/C13H16N4O/c1-8-3-4-15-11(5-8)12-16-13(18-17-12)10-7-14-6-9(10)2/h3-5,9-10,14H,6-7H2,1-2H3/t9-,10-/m1/s1. The number of nitrogens with one attached hydrogen (secondary N) is 1. The van der Waals surface area contributed by atoms with Gasteiger partial charge in [0.15, 0.2) is 0 Å². The van der Waals surface area contributed by atoms with E-state index in [2.05, 4.69) is 27.4 Å². The Balaban J connectivity index is 1.89. The summed E-state index contributed by atoms with van der Waals surface area (Å²) in [6.07, 6.45) is 1.76. The molecule has 0 aromatic carbocycles. The van der Waals surface area contributed by atoms with E-state index in [1.54, 1.807) is 6.20 Å². The average molecular weight is 244 g/mol. The minimum absolute atomic E-state index is 0.316. The number of aromatic nitrogens is 3. The first-order chi connectivity index (χ1) is 8.74. The van der Waals surface area contributed by atoms with E-state index in [1.165, 1.54) is 0 Å². The van der Waals surface area contributed by atoms with Crippen molar-refractivity contribution >= 4 is 0 Å². The Kier molecular flexibility index (Phi) is 2.83. The van der Waals surface area contributed by atoms with E-state index in [9.17, 15) is 0 Å². The van der Waals surface area contributed by atoms with E-state index >= 15 is 0 Å². The van der Waals surface area contributed by atoms with Crippen LogP contribution in [0.5, 0.6) is 0 Å². The Morgan fingerprint density at radius 1 is 1.39 bits per heavy atom. The lowest BCUT2D eigenvalue weighted by Crippen LogP contribution is -2.08. The van der Waals surface area contributed by atoms with Gasteiger partial charge in [-0.3, -0.25) is 4.98 Å².